The van der Waals surface area contributed by atoms with Crippen molar-refractivity contribution in [3.05, 3.63) is 30.0 Å². The molecule has 0 radical (unpaired) electrons. The normalized spacial score (nSPS) is 20.5. The van der Waals surface area contributed by atoms with Crippen LogP contribution in [0.3, 0.4) is 0 Å². The summed E-state index contributed by atoms with van der Waals surface area (Å²) in [5.41, 5.74) is 1.60. The molecule has 1 N–H and O–H groups in total. The van der Waals surface area contributed by atoms with E-state index < -0.39 is 0 Å². The van der Waals surface area contributed by atoms with Crippen molar-refractivity contribution in [2.45, 2.75) is 32.6 Å². The number of benzene rings is 1. The third-order valence-electron chi connectivity index (χ3n) is 4.82. The quantitative estimate of drug-likeness (QED) is 0.905. The van der Waals surface area contributed by atoms with E-state index in [0.29, 0.717) is 5.41 Å². The molecule has 0 bridgehead atoms. The molecular weight excluding hydrogens is 234 g/mol. The van der Waals surface area contributed by atoms with Crippen LogP contribution in [0.5, 0.6) is 0 Å². The molecule has 2 saturated carbocycles. The number of fused-ring (bicyclic) bond motifs is 1. The number of aromatic nitrogens is 2. The van der Waals surface area contributed by atoms with Gasteiger partial charge in [-0.05, 0) is 43.9 Å². The van der Waals surface area contributed by atoms with Crippen molar-refractivity contribution in [2.75, 3.05) is 11.9 Å². The van der Waals surface area contributed by atoms with E-state index in [4.69, 9.17) is 0 Å². The Hall–Kier alpha value is -1.64. The van der Waals surface area contributed by atoms with Crippen LogP contribution >= 0.6 is 0 Å². The maximum Gasteiger partial charge on any atom is 0.156 e. The Labute approximate surface area is 113 Å². The van der Waals surface area contributed by atoms with Crippen LogP contribution in [-0.2, 0) is 0 Å². The summed E-state index contributed by atoms with van der Waals surface area (Å²) >= 11 is 0. The summed E-state index contributed by atoms with van der Waals surface area (Å²) < 4.78 is 0. The van der Waals surface area contributed by atoms with E-state index in [9.17, 15) is 0 Å². The van der Waals surface area contributed by atoms with Crippen molar-refractivity contribution in [3.8, 4) is 0 Å². The fourth-order valence-electron chi connectivity index (χ4n) is 3.21. The molecule has 0 atom stereocenters. The largest absolute Gasteiger partial charge is 0.367 e. The van der Waals surface area contributed by atoms with Gasteiger partial charge in [0.25, 0.3) is 0 Å². The molecule has 2 fully saturated rings. The third kappa shape index (κ3) is 1.88. The number of nitrogens with one attached hydrogen (secondary N) is 1. The topological polar surface area (TPSA) is 37.8 Å². The smallest absolute Gasteiger partial charge is 0.156 e. The summed E-state index contributed by atoms with van der Waals surface area (Å²) in [5.74, 6) is 1.93. The summed E-state index contributed by atoms with van der Waals surface area (Å²) in [6.07, 6.45) is 5.65. The second-order valence-electron chi connectivity index (χ2n) is 6.17. The van der Waals surface area contributed by atoms with Gasteiger partial charge in [0.15, 0.2) is 5.82 Å². The van der Waals surface area contributed by atoms with Crippen LogP contribution in [0.25, 0.3) is 10.8 Å². The Balaban J connectivity index is 1.62. The highest BCUT2D eigenvalue weighted by molar-refractivity contribution is 5.92. The molecule has 0 unspecified atom stereocenters. The number of aryl methyl sites for hydroxylation is 1. The van der Waals surface area contributed by atoms with Gasteiger partial charge in [-0.3, -0.25) is 0 Å². The fourth-order valence-corrected chi connectivity index (χ4v) is 3.21. The lowest BCUT2D eigenvalue weighted by molar-refractivity contribution is 0.466. The van der Waals surface area contributed by atoms with Crippen LogP contribution in [0, 0.1) is 18.3 Å². The minimum absolute atomic E-state index is 0.591. The van der Waals surface area contributed by atoms with Crippen molar-refractivity contribution >= 4 is 16.6 Å². The van der Waals surface area contributed by atoms with Gasteiger partial charge in [-0.25, -0.2) is 0 Å². The SMILES string of the molecule is Cc1nnc(NCC2(C3CC3)CC2)c2ccccc12. The average Bonchev–Trinajstić information content (AvgIpc) is 3.30. The van der Waals surface area contributed by atoms with Crippen molar-refractivity contribution in [2.24, 2.45) is 11.3 Å². The standard InChI is InChI=1S/C16H19N3/c1-11-13-4-2-3-5-14(13)15(19-18-11)17-10-16(8-9-16)12-6-7-12/h2-5,12H,6-10H2,1H3,(H,17,19). The van der Waals surface area contributed by atoms with Crippen LogP contribution in [-0.4, -0.2) is 16.7 Å². The zero-order valence-corrected chi connectivity index (χ0v) is 11.3. The molecule has 0 aliphatic heterocycles. The van der Waals surface area contributed by atoms with E-state index in [1.54, 1.807) is 0 Å². The first-order valence-corrected chi connectivity index (χ1v) is 7.24. The van der Waals surface area contributed by atoms with E-state index in [-0.39, 0.29) is 0 Å². The molecule has 1 aromatic carbocycles. The van der Waals surface area contributed by atoms with Crippen LogP contribution in [0.1, 0.15) is 31.4 Å². The number of hydrogen-bond acceptors (Lipinski definition) is 3. The summed E-state index contributed by atoms with van der Waals surface area (Å²) in [4.78, 5) is 0. The Morgan fingerprint density at radius 3 is 2.58 bits per heavy atom. The zero-order chi connectivity index (χ0) is 12.9. The lowest BCUT2D eigenvalue weighted by atomic mass is 10.0. The fraction of sp³-hybridized carbons (Fsp3) is 0.500. The molecule has 2 aliphatic rings. The molecule has 0 saturated heterocycles. The highest BCUT2D eigenvalue weighted by Gasteiger charge is 2.53. The molecule has 1 heterocycles. The molecule has 1 aromatic heterocycles. The summed E-state index contributed by atoms with van der Waals surface area (Å²) in [6.45, 7) is 3.09. The molecule has 98 valence electrons. The van der Waals surface area contributed by atoms with Crippen LogP contribution in [0.2, 0.25) is 0 Å². The first kappa shape index (κ1) is 11.2. The van der Waals surface area contributed by atoms with Gasteiger partial charge < -0.3 is 5.32 Å². The van der Waals surface area contributed by atoms with Gasteiger partial charge >= 0.3 is 0 Å². The first-order chi connectivity index (χ1) is 9.28. The predicted molar refractivity (Wildman–Crippen MR) is 77.2 cm³/mol. The summed E-state index contributed by atoms with van der Waals surface area (Å²) in [6, 6.07) is 8.39. The number of nitrogens with zero attached hydrogens (tertiary/aromatic N) is 2. The van der Waals surface area contributed by atoms with E-state index in [2.05, 4.69) is 39.8 Å². The van der Waals surface area contributed by atoms with E-state index >= 15 is 0 Å². The third-order valence-corrected chi connectivity index (χ3v) is 4.82. The molecule has 3 heteroatoms. The second-order valence-corrected chi connectivity index (χ2v) is 6.17. The Kier molecular flexibility index (Phi) is 2.32. The molecular formula is C16H19N3. The molecule has 2 aromatic rings. The monoisotopic (exact) mass is 253 g/mol. The molecule has 2 aliphatic carbocycles. The zero-order valence-electron chi connectivity index (χ0n) is 11.3. The Bertz CT molecular complexity index is 627. The minimum atomic E-state index is 0.591. The van der Waals surface area contributed by atoms with Gasteiger partial charge in [-0.1, -0.05) is 24.3 Å². The van der Waals surface area contributed by atoms with Crippen molar-refractivity contribution in [3.63, 3.8) is 0 Å². The first-order valence-electron chi connectivity index (χ1n) is 7.24. The molecule has 0 amide bonds. The maximum absolute atomic E-state index is 4.36. The van der Waals surface area contributed by atoms with Crippen LogP contribution < -0.4 is 5.32 Å². The van der Waals surface area contributed by atoms with Gasteiger partial charge in [0.05, 0.1) is 5.69 Å². The molecule has 0 spiro atoms. The maximum atomic E-state index is 4.36. The lowest BCUT2D eigenvalue weighted by Gasteiger charge is -2.16. The number of rotatable bonds is 4. The van der Waals surface area contributed by atoms with Gasteiger partial charge in [0.1, 0.15) is 0 Å². The van der Waals surface area contributed by atoms with Crippen molar-refractivity contribution < 1.29 is 0 Å². The van der Waals surface area contributed by atoms with Crippen LogP contribution in [0.15, 0.2) is 24.3 Å². The van der Waals surface area contributed by atoms with Gasteiger partial charge in [-0.15, -0.1) is 5.10 Å². The van der Waals surface area contributed by atoms with Gasteiger partial charge in [0, 0.05) is 17.3 Å². The van der Waals surface area contributed by atoms with E-state index in [1.807, 2.05) is 6.92 Å². The Morgan fingerprint density at radius 1 is 1.16 bits per heavy atom. The lowest BCUT2D eigenvalue weighted by Crippen LogP contribution is -2.18. The molecule has 3 nitrogen and oxygen atoms in total. The number of anilines is 1. The van der Waals surface area contributed by atoms with Crippen LogP contribution in [0.4, 0.5) is 5.82 Å². The van der Waals surface area contributed by atoms with E-state index in [0.717, 1.165) is 24.0 Å². The predicted octanol–water partition coefficient (Wildman–Crippen LogP) is 3.54. The van der Waals surface area contributed by atoms with Crippen molar-refractivity contribution in [1.82, 2.24) is 10.2 Å². The second kappa shape index (κ2) is 3.92. The van der Waals surface area contributed by atoms with Crippen molar-refractivity contribution in [1.29, 1.82) is 0 Å². The van der Waals surface area contributed by atoms with E-state index in [1.165, 1.54) is 36.5 Å². The van der Waals surface area contributed by atoms with Gasteiger partial charge in [0.2, 0.25) is 0 Å². The highest BCUT2D eigenvalue weighted by Crippen LogP contribution is 2.61. The minimum Gasteiger partial charge on any atom is -0.367 e. The number of hydrogen-bond donors (Lipinski definition) is 1. The van der Waals surface area contributed by atoms with Gasteiger partial charge in [-0.2, -0.15) is 5.10 Å². The Morgan fingerprint density at radius 2 is 1.89 bits per heavy atom. The summed E-state index contributed by atoms with van der Waals surface area (Å²) in [7, 11) is 0. The summed E-state index contributed by atoms with van der Waals surface area (Å²) in [5, 5.41) is 14.6. The molecule has 19 heavy (non-hydrogen) atoms. The molecule has 4 rings (SSSR count). The highest BCUT2D eigenvalue weighted by atomic mass is 15.2. The average molecular weight is 253 g/mol.